The fraction of sp³-hybridized carbons (Fsp3) is 0.0769. The molecule has 2 aromatic rings. The Kier molecular flexibility index (Phi) is 6.68. The summed E-state index contributed by atoms with van der Waals surface area (Å²) >= 11 is 2.03. The predicted molar refractivity (Wildman–Crippen MR) is 85.2 cm³/mol. The van der Waals surface area contributed by atoms with E-state index in [4.69, 9.17) is 0 Å². The van der Waals surface area contributed by atoms with E-state index in [9.17, 15) is 36.3 Å². The van der Waals surface area contributed by atoms with E-state index in [-0.39, 0.29) is 5.69 Å². The summed E-state index contributed by atoms with van der Waals surface area (Å²) in [6, 6.07) is 8.84. The molecule has 2 aromatic carbocycles. The molecule has 0 heterocycles. The Labute approximate surface area is 148 Å². The fourth-order valence-electron chi connectivity index (χ4n) is 1.40. The van der Waals surface area contributed by atoms with Gasteiger partial charge in [-0.1, -0.05) is 6.07 Å². The van der Waals surface area contributed by atoms with Crippen LogP contribution in [0.5, 0.6) is 0 Å². The quantitative estimate of drug-likeness (QED) is 0.285. The highest BCUT2D eigenvalue weighted by molar-refractivity contribution is 14.1. The van der Waals surface area contributed by atoms with Crippen molar-refractivity contribution >= 4 is 38.4 Å². The molecule has 0 aliphatic rings. The number of nitro groups is 1. The van der Waals surface area contributed by atoms with Crippen molar-refractivity contribution in [2.45, 2.75) is 11.1 Å². The third-order valence-corrected chi connectivity index (χ3v) is 4.01. The number of halogens is 4. The summed E-state index contributed by atoms with van der Waals surface area (Å²) in [5, 5.41) is 10.2. The van der Waals surface area contributed by atoms with Crippen LogP contribution in [0.2, 0.25) is 0 Å². The van der Waals surface area contributed by atoms with Gasteiger partial charge in [0.15, 0.2) is 0 Å². The molecule has 0 fully saturated rings. The monoisotopic (exact) mass is 474 g/mol. The average Bonchev–Trinajstić information content (AvgIpc) is 2.46. The van der Waals surface area contributed by atoms with E-state index in [0.29, 0.717) is 24.3 Å². The highest BCUT2D eigenvalue weighted by Gasteiger charge is 2.30. The molecule has 0 spiro atoms. The normalized spacial score (nSPS) is 11.4. The fourth-order valence-corrected chi connectivity index (χ4v) is 2.40. The van der Waals surface area contributed by atoms with Gasteiger partial charge in [0, 0.05) is 15.7 Å². The molecule has 0 unspecified atom stereocenters. The molecule has 0 aliphatic carbocycles. The molecule has 130 valence electrons. The minimum atomic E-state index is -4.68. The van der Waals surface area contributed by atoms with Crippen molar-refractivity contribution in [3.63, 3.8) is 0 Å². The molecule has 0 aliphatic heterocycles. The maximum Gasteiger partial charge on any atom is 0.416 e. The number of benzene rings is 2. The molecule has 0 N–H and O–H groups in total. The third kappa shape index (κ3) is 6.41. The molecular formula is C13H8F3INO5S-. The van der Waals surface area contributed by atoms with E-state index in [1.165, 1.54) is 12.1 Å². The minimum absolute atomic E-state index is 0.145. The molecular weight excluding hydrogens is 466 g/mol. The number of hydrogen-bond acceptors (Lipinski definition) is 5. The van der Waals surface area contributed by atoms with Gasteiger partial charge in [-0.15, -0.1) is 0 Å². The Morgan fingerprint density at radius 2 is 1.58 bits per heavy atom. The standard InChI is InChI=1S/C7H5F3O3S.C6H4INO2/c8-7(9,10)5-1-3-6(4-2-5)14(11,12)13;7-5-2-1-3-6(4-5)8(9)10/h1-4H,(H,11,12,13);1-4H/p-1. The summed E-state index contributed by atoms with van der Waals surface area (Å²) in [5.41, 5.74) is -0.850. The van der Waals surface area contributed by atoms with Gasteiger partial charge in [0.05, 0.1) is 15.4 Å². The van der Waals surface area contributed by atoms with E-state index in [2.05, 4.69) is 0 Å². The van der Waals surface area contributed by atoms with Crippen molar-refractivity contribution in [2.24, 2.45) is 0 Å². The van der Waals surface area contributed by atoms with Crippen molar-refractivity contribution in [1.29, 1.82) is 0 Å². The van der Waals surface area contributed by atoms with Crippen molar-refractivity contribution in [2.75, 3.05) is 0 Å². The van der Waals surface area contributed by atoms with Gasteiger partial charge in [-0.25, -0.2) is 8.42 Å². The van der Waals surface area contributed by atoms with Crippen LogP contribution in [0.3, 0.4) is 0 Å². The second-order valence-corrected chi connectivity index (χ2v) is 6.84. The van der Waals surface area contributed by atoms with Crippen LogP contribution in [0, 0.1) is 13.7 Å². The summed E-state index contributed by atoms with van der Waals surface area (Å²) in [6.07, 6.45) is -4.54. The van der Waals surface area contributed by atoms with Crippen molar-refractivity contribution in [1.82, 2.24) is 0 Å². The first-order valence-corrected chi connectivity index (χ1v) is 8.43. The number of nitrogens with zero attached hydrogens (tertiary/aromatic N) is 1. The van der Waals surface area contributed by atoms with Crippen LogP contribution in [0.1, 0.15) is 5.56 Å². The molecule has 6 nitrogen and oxygen atoms in total. The minimum Gasteiger partial charge on any atom is -0.744 e. The molecule has 11 heteroatoms. The van der Waals surface area contributed by atoms with Gasteiger partial charge < -0.3 is 4.55 Å². The molecule has 0 bridgehead atoms. The lowest BCUT2D eigenvalue weighted by molar-refractivity contribution is -0.384. The highest BCUT2D eigenvalue weighted by atomic mass is 127. The van der Waals surface area contributed by atoms with Gasteiger partial charge >= 0.3 is 6.18 Å². The second kappa shape index (κ2) is 7.90. The lowest BCUT2D eigenvalue weighted by atomic mass is 10.2. The lowest BCUT2D eigenvalue weighted by Gasteiger charge is -2.09. The summed E-state index contributed by atoms with van der Waals surface area (Å²) in [5.74, 6) is 0. The number of rotatable bonds is 2. The van der Waals surface area contributed by atoms with Crippen LogP contribution in [-0.2, 0) is 16.3 Å². The Morgan fingerprint density at radius 3 is 1.92 bits per heavy atom. The Balaban J connectivity index is 0.000000254. The van der Waals surface area contributed by atoms with E-state index in [0.717, 1.165) is 3.57 Å². The zero-order valence-electron chi connectivity index (χ0n) is 11.5. The van der Waals surface area contributed by atoms with Gasteiger partial charge in [0.2, 0.25) is 0 Å². The second-order valence-electron chi connectivity index (χ2n) is 4.21. The van der Waals surface area contributed by atoms with Crippen LogP contribution in [-0.4, -0.2) is 17.9 Å². The van der Waals surface area contributed by atoms with Crippen LogP contribution >= 0.6 is 22.6 Å². The number of hydrogen-bond donors (Lipinski definition) is 0. The zero-order chi connectivity index (χ0) is 18.5. The smallest absolute Gasteiger partial charge is 0.416 e. The van der Waals surface area contributed by atoms with Crippen molar-refractivity contribution in [3.8, 4) is 0 Å². The molecule has 0 saturated heterocycles. The number of non-ortho nitro benzene ring substituents is 1. The molecule has 2 rings (SSSR count). The van der Waals surface area contributed by atoms with Crippen LogP contribution in [0.15, 0.2) is 53.4 Å². The summed E-state index contributed by atoms with van der Waals surface area (Å²) in [7, 11) is -4.68. The molecule has 0 amide bonds. The largest absolute Gasteiger partial charge is 0.744 e. The molecule has 0 radical (unpaired) electrons. The summed E-state index contributed by atoms with van der Waals surface area (Å²) < 4.78 is 67.9. The first kappa shape index (κ1) is 20.3. The Bertz CT molecular complexity index is 822. The predicted octanol–water partition coefficient (Wildman–Crippen LogP) is 3.81. The van der Waals surface area contributed by atoms with Gasteiger partial charge in [-0.05, 0) is 52.9 Å². The Morgan fingerprint density at radius 1 is 1.04 bits per heavy atom. The van der Waals surface area contributed by atoms with Crippen LogP contribution < -0.4 is 0 Å². The van der Waals surface area contributed by atoms with Crippen molar-refractivity contribution in [3.05, 3.63) is 67.8 Å². The van der Waals surface area contributed by atoms with Gasteiger partial charge in [0.25, 0.3) is 5.69 Å². The SMILES string of the molecule is O=S(=O)([O-])c1ccc(C(F)(F)F)cc1.O=[N+]([O-])c1cccc(I)c1. The van der Waals surface area contributed by atoms with Gasteiger partial charge in [-0.2, -0.15) is 13.2 Å². The van der Waals surface area contributed by atoms with Gasteiger partial charge in [-0.3, -0.25) is 10.1 Å². The van der Waals surface area contributed by atoms with E-state index >= 15 is 0 Å². The highest BCUT2D eigenvalue weighted by Crippen LogP contribution is 2.29. The van der Waals surface area contributed by atoms with Crippen molar-refractivity contribution < 1.29 is 31.1 Å². The molecule has 0 aromatic heterocycles. The topological polar surface area (TPSA) is 100 Å². The molecule has 0 saturated carbocycles. The number of nitro benzene ring substituents is 1. The summed E-state index contributed by atoms with van der Waals surface area (Å²) in [6.45, 7) is 0. The first-order valence-electron chi connectivity index (χ1n) is 5.94. The van der Waals surface area contributed by atoms with Crippen LogP contribution in [0.4, 0.5) is 18.9 Å². The van der Waals surface area contributed by atoms with Gasteiger partial charge in [0.1, 0.15) is 10.1 Å². The van der Waals surface area contributed by atoms with Crippen LogP contribution in [0.25, 0.3) is 0 Å². The maximum atomic E-state index is 12.0. The summed E-state index contributed by atoms with van der Waals surface area (Å²) in [4.78, 5) is 9.08. The van der Waals surface area contributed by atoms with E-state index in [1.807, 2.05) is 28.7 Å². The molecule has 0 atom stereocenters. The lowest BCUT2D eigenvalue weighted by Crippen LogP contribution is -2.05. The van der Waals surface area contributed by atoms with E-state index in [1.54, 1.807) is 6.07 Å². The Hall–Kier alpha value is -1.73. The average molecular weight is 474 g/mol. The third-order valence-electron chi connectivity index (χ3n) is 2.49. The first-order chi connectivity index (χ1) is 10.9. The zero-order valence-corrected chi connectivity index (χ0v) is 14.5. The number of alkyl halides is 3. The van der Waals surface area contributed by atoms with E-state index < -0.39 is 31.7 Å². The molecule has 24 heavy (non-hydrogen) atoms. The maximum absolute atomic E-state index is 12.0.